The van der Waals surface area contributed by atoms with Crippen molar-refractivity contribution in [1.29, 1.82) is 0 Å². The zero-order chi connectivity index (χ0) is 15.4. The van der Waals surface area contributed by atoms with Crippen LogP contribution in [0.25, 0.3) is 0 Å². The molecule has 1 saturated heterocycles. The van der Waals surface area contributed by atoms with E-state index in [4.69, 9.17) is 23.2 Å². The largest absolute Gasteiger partial charge is 0.351 e. The second-order valence-corrected chi connectivity index (χ2v) is 5.65. The topological polar surface area (TPSA) is 49.4 Å². The third kappa shape index (κ3) is 4.08. The summed E-state index contributed by atoms with van der Waals surface area (Å²) in [6.45, 7) is 1.75. The van der Waals surface area contributed by atoms with Crippen LogP contribution in [0.1, 0.15) is 29.6 Å². The molecule has 1 heterocycles. The Labute approximate surface area is 132 Å². The van der Waals surface area contributed by atoms with Gasteiger partial charge in [-0.2, -0.15) is 0 Å². The maximum absolute atomic E-state index is 13.3. The fourth-order valence-electron chi connectivity index (χ4n) is 2.20. The third-order valence-electron chi connectivity index (χ3n) is 3.34. The van der Waals surface area contributed by atoms with Crippen molar-refractivity contribution < 1.29 is 14.0 Å². The van der Waals surface area contributed by atoms with Crippen molar-refractivity contribution >= 4 is 35.0 Å². The number of amides is 2. The van der Waals surface area contributed by atoms with E-state index in [2.05, 4.69) is 5.32 Å². The molecule has 0 saturated carbocycles. The zero-order valence-electron chi connectivity index (χ0n) is 11.3. The highest BCUT2D eigenvalue weighted by Crippen LogP contribution is 2.24. The van der Waals surface area contributed by atoms with Crippen molar-refractivity contribution in [2.45, 2.75) is 19.3 Å². The molecular formula is C14H15Cl2FN2O2. The summed E-state index contributed by atoms with van der Waals surface area (Å²) in [4.78, 5) is 25.5. The second-order valence-electron chi connectivity index (χ2n) is 4.84. The summed E-state index contributed by atoms with van der Waals surface area (Å²) < 4.78 is 13.3. The Morgan fingerprint density at radius 1 is 1.19 bits per heavy atom. The minimum atomic E-state index is -0.709. The van der Waals surface area contributed by atoms with Gasteiger partial charge in [0.15, 0.2) is 0 Å². The van der Waals surface area contributed by atoms with Gasteiger partial charge in [-0.3, -0.25) is 9.59 Å². The van der Waals surface area contributed by atoms with Gasteiger partial charge in [-0.1, -0.05) is 23.2 Å². The minimum Gasteiger partial charge on any atom is -0.351 e. The summed E-state index contributed by atoms with van der Waals surface area (Å²) in [6.07, 6.45) is 2.27. The average Bonchev–Trinajstić information content (AvgIpc) is 2.96. The fourth-order valence-corrected chi connectivity index (χ4v) is 2.67. The number of nitrogens with one attached hydrogen (secondary N) is 1. The van der Waals surface area contributed by atoms with E-state index in [-0.39, 0.29) is 34.5 Å². The van der Waals surface area contributed by atoms with Gasteiger partial charge in [0, 0.05) is 26.1 Å². The van der Waals surface area contributed by atoms with Gasteiger partial charge in [0.05, 0.1) is 15.6 Å². The maximum atomic E-state index is 13.3. The Morgan fingerprint density at radius 2 is 1.86 bits per heavy atom. The molecule has 21 heavy (non-hydrogen) atoms. The Morgan fingerprint density at radius 3 is 2.52 bits per heavy atom. The van der Waals surface area contributed by atoms with Gasteiger partial charge in [-0.05, 0) is 25.0 Å². The van der Waals surface area contributed by atoms with Crippen LogP contribution in [0.5, 0.6) is 0 Å². The van der Waals surface area contributed by atoms with Crippen molar-refractivity contribution in [3.05, 3.63) is 33.6 Å². The molecule has 1 aromatic rings. The van der Waals surface area contributed by atoms with Crippen LogP contribution in [0.2, 0.25) is 10.0 Å². The maximum Gasteiger partial charge on any atom is 0.252 e. The number of likely N-dealkylation sites (tertiary alicyclic amines) is 1. The van der Waals surface area contributed by atoms with Gasteiger partial charge in [0.1, 0.15) is 5.82 Å². The molecule has 0 aromatic heterocycles. The van der Waals surface area contributed by atoms with Crippen LogP contribution in [-0.2, 0) is 4.79 Å². The first kappa shape index (κ1) is 16.0. The van der Waals surface area contributed by atoms with Crippen LogP contribution >= 0.6 is 23.2 Å². The second kappa shape index (κ2) is 7.09. The molecule has 0 aliphatic carbocycles. The molecule has 0 bridgehead atoms. The lowest BCUT2D eigenvalue weighted by Crippen LogP contribution is -2.32. The molecule has 1 fully saturated rings. The summed E-state index contributed by atoms with van der Waals surface area (Å²) in [5.41, 5.74) is 0.00666. The molecular weight excluding hydrogens is 318 g/mol. The molecule has 2 rings (SSSR count). The van der Waals surface area contributed by atoms with E-state index in [9.17, 15) is 14.0 Å². The van der Waals surface area contributed by atoms with Gasteiger partial charge in [0.25, 0.3) is 5.91 Å². The zero-order valence-corrected chi connectivity index (χ0v) is 12.8. The first-order valence-corrected chi connectivity index (χ1v) is 7.45. The molecule has 0 atom stereocenters. The summed E-state index contributed by atoms with van der Waals surface area (Å²) >= 11 is 11.4. The molecule has 0 radical (unpaired) electrons. The predicted molar refractivity (Wildman–Crippen MR) is 79.2 cm³/mol. The van der Waals surface area contributed by atoms with Crippen molar-refractivity contribution in [2.75, 3.05) is 19.6 Å². The van der Waals surface area contributed by atoms with Crippen LogP contribution in [0, 0.1) is 5.82 Å². The van der Waals surface area contributed by atoms with E-state index < -0.39 is 11.7 Å². The van der Waals surface area contributed by atoms with E-state index in [0.29, 0.717) is 0 Å². The molecule has 114 valence electrons. The van der Waals surface area contributed by atoms with Crippen LogP contribution < -0.4 is 5.32 Å². The van der Waals surface area contributed by atoms with Crippen LogP contribution in [-0.4, -0.2) is 36.3 Å². The normalized spacial score (nSPS) is 14.3. The van der Waals surface area contributed by atoms with E-state index in [0.717, 1.165) is 32.0 Å². The predicted octanol–water partition coefficient (Wildman–Crippen LogP) is 2.87. The Hall–Kier alpha value is -1.33. The number of benzene rings is 1. The number of carbonyl (C=O) groups excluding carboxylic acids is 2. The highest BCUT2D eigenvalue weighted by molar-refractivity contribution is 6.36. The number of hydrogen-bond donors (Lipinski definition) is 1. The van der Waals surface area contributed by atoms with Gasteiger partial charge in [0.2, 0.25) is 5.91 Å². The summed E-state index contributed by atoms with van der Waals surface area (Å²) in [5, 5.41) is 2.50. The Balaban J connectivity index is 1.87. The highest BCUT2D eigenvalue weighted by Gasteiger charge is 2.18. The van der Waals surface area contributed by atoms with Gasteiger partial charge >= 0.3 is 0 Å². The molecule has 1 aromatic carbocycles. The summed E-state index contributed by atoms with van der Waals surface area (Å²) in [5.74, 6) is -1.22. The van der Waals surface area contributed by atoms with E-state index in [1.165, 1.54) is 6.07 Å². The number of rotatable bonds is 4. The minimum absolute atomic E-state index is 0.00666. The molecule has 2 amide bonds. The lowest BCUT2D eigenvalue weighted by molar-refractivity contribution is -0.129. The van der Waals surface area contributed by atoms with E-state index >= 15 is 0 Å². The van der Waals surface area contributed by atoms with Crippen LogP contribution in [0.15, 0.2) is 12.1 Å². The highest BCUT2D eigenvalue weighted by atomic mass is 35.5. The lowest BCUT2D eigenvalue weighted by Gasteiger charge is -2.15. The summed E-state index contributed by atoms with van der Waals surface area (Å²) in [7, 11) is 0. The lowest BCUT2D eigenvalue weighted by atomic mass is 10.2. The van der Waals surface area contributed by atoms with Crippen molar-refractivity contribution in [2.24, 2.45) is 0 Å². The quantitative estimate of drug-likeness (QED) is 0.862. The standard InChI is InChI=1S/C14H15Cl2FN2O2/c15-10-8-11(16)12(17)7-9(10)14(21)18-4-3-13(20)19-5-1-2-6-19/h7-8H,1-6H2,(H,18,21). The fraction of sp³-hybridized carbons (Fsp3) is 0.429. The third-order valence-corrected chi connectivity index (χ3v) is 3.94. The van der Waals surface area contributed by atoms with E-state index in [1.807, 2.05) is 0 Å². The van der Waals surface area contributed by atoms with Crippen LogP contribution in [0.3, 0.4) is 0 Å². The average molecular weight is 333 g/mol. The van der Waals surface area contributed by atoms with Crippen molar-refractivity contribution in [3.63, 3.8) is 0 Å². The molecule has 4 nitrogen and oxygen atoms in total. The molecule has 1 N–H and O–H groups in total. The number of carbonyl (C=O) groups is 2. The molecule has 1 aliphatic rings. The molecule has 0 unspecified atom stereocenters. The number of halogens is 3. The first-order chi connectivity index (χ1) is 9.99. The van der Waals surface area contributed by atoms with Crippen molar-refractivity contribution in [1.82, 2.24) is 10.2 Å². The number of nitrogens with zero attached hydrogens (tertiary/aromatic N) is 1. The Bertz CT molecular complexity index is 560. The Kier molecular flexibility index (Phi) is 5.42. The molecule has 0 spiro atoms. The van der Waals surface area contributed by atoms with Crippen molar-refractivity contribution in [3.8, 4) is 0 Å². The summed E-state index contributed by atoms with van der Waals surface area (Å²) in [6, 6.07) is 2.17. The van der Waals surface area contributed by atoms with Gasteiger partial charge < -0.3 is 10.2 Å². The number of hydrogen-bond acceptors (Lipinski definition) is 2. The van der Waals surface area contributed by atoms with Crippen LogP contribution in [0.4, 0.5) is 4.39 Å². The first-order valence-electron chi connectivity index (χ1n) is 6.69. The monoisotopic (exact) mass is 332 g/mol. The molecule has 1 aliphatic heterocycles. The molecule has 7 heteroatoms. The smallest absolute Gasteiger partial charge is 0.252 e. The van der Waals surface area contributed by atoms with E-state index in [1.54, 1.807) is 4.90 Å². The SMILES string of the molecule is O=C(NCCC(=O)N1CCCC1)c1cc(F)c(Cl)cc1Cl. The van der Waals surface area contributed by atoms with Gasteiger partial charge in [-0.25, -0.2) is 4.39 Å². The van der Waals surface area contributed by atoms with Gasteiger partial charge in [-0.15, -0.1) is 0 Å².